The normalized spacial score (nSPS) is 14.1. The number of ether oxygens (including phenoxy) is 1. The number of halogens is 1. The molecule has 138 valence electrons. The minimum Gasteiger partial charge on any atom is -0.378 e. The molecular weight excluding hydrogens is 398 g/mol. The van der Waals surface area contributed by atoms with Gasteiger partial charge in [0.15, 0.2) is 4.34 Å². The Morgan fingerprint density at radius 3 is 2.65 bits per heavy atom. The van der Waals surface area contributed by atoms with E-state index in [0.717, 1.165) is 18.2 Å². The van der Waals surface area contributed by atoms with Crippen molar-refractivity contribution in [3.8, 4) is 0 Å². The summed E-state index contributed by atoms with van der Waals surface area (Å²) in [7, 11) is 0. The van der Waals surface area contributed by atoms with Gasteiger partial charge in [0.1, 0.15) is 0 Å². The molecule has 26 heavy (non-hydrogen) atoms. The molecule has 0 atom stereocenters. The van der Waals surface area contributed by atoms with Gasteiger partial charge < -0.3 is 9.64 Å². The van der Waals surface area contributed by atoms with Crippen LogP contribution in [0, 0.1) is 0 Å². The van der Waals surface area contributed by atoms with Gasteiger partial charge in [-0.1, -0.05) is 34.7 Å². The van der Waals surface area contributed by atoms with E-state index in [1.165, 1.54) is 23.1 Å². The summed E-state index contributed by atoms with van der Waals surface area (Å²) in [6.07, 6.45) is 0. The molecule has 3 rings (SSSR count). The molecule has 1 aromatic carbocycles. The second kappa shape index (κ2) is 9.17. The van der Waals surface area contributed by atoms with E-state index in [1.807, 2.05) is 0 Å². The van der Waals surface area contributed by atoms with E-state index in [-0.39, 0.29) is 11.7 Å². The van der Waals surface area contributed by atoms with Crippen LogP contribution < -0.4 is 15.8 Å². The van der Waals surface area contributed by atoms with Crippen LogP contribution in [0.1, 0.15) is 10.4 Å². The van der Waals surface area contributed by atoms with E-state index in [0.29, 0.717) is 28.1 Å². The van der Waals surface area contributed by atoms with E-state index in [2.05, 4.69) is 25.9 Å². The molecule has 11 heteroatoms. The summed E-state index contributed by atoms with van der Waals surface area (Å²) in [5, 5.41) is 9.59. The highest BCUT2D eigenvalue weighted by Crippen LogP contribution is 2.28. The topological polar surface area (TPSA) is 96.5 Å². The third kappa shape index (κ3) is 5.31. The lowest BCUT2D eigenvalue weighted by Gasteiger charge is -2.25. The summed E-state index contributed by atoms with van der Waals surface area (Å²) >= 11 is 8.48. The number of hydrazine groups is 1. The van der Waals surface area contributed by atoms with Gasteiger partial charge in [-0.2, -0.15) is 0 Å². The third-order valence-corrected chi connectivity index (χ3v) is 5.80. The van der Waals surface area contributed by atoms with Crippen molar-refractivity contribution in [3.05, 3.63) is 34.9 Å². The summed E-state index contributed by atoms with van der Waals surface area (Å²) in [6, 6.07) is 6.37. The first kappa shape index (κ1) is 18.9. The van der Waals surface area contributed by atoms with Crippen molar-refractivity contribution in [2.24, 2.45) is 0 Å². The van der Waals surface area contributed by atoms with Gasteiger partial charge in [-0.05, 0) is 24.3 Å². The van der Waals surface area contributed by atoms with E-state index < -0.39 is 5.91 Å². The van der Waals surface area contributed by atoms with Crippen LogP contribution in [-0.2, 0) is 9.53 Å². The number of anilines is 1. The monoisotopic (exact) mass is 413 g/mol. The molecule has 0 spiro atoms. The van der Waals surface area contributed by atoms with Crippen molar-refractivity contribution in [2.45, 2.75) is 4.34 Å². The fourth-order valence-corrected chi connectivity index (χ4v) is 3.93. The van der Waals surface area contributed by atoms with Gasteiger partial charge in [-0.15, -0.1) is 10.2 Å². The molecule has 0 bridgehead atoms. The Hall–Kier alpha value is -1.88. The van der Waals surface area contributed by atoms with Crippen molar-refractivity contribution in [3.63, 3.8) is 0 Å². The number of benzene rings is 1. The fraction of sp³-hybridized carbons (Fsp3) is 0.333. The molecule has 1 aliphatic rings. The van der Waals surface area contributed by atoms with E-state index in [4.69, 9.17) is 16.3 Å². The smallest absolute Gasteiger partial charge is 0.269 e. The maximum atomic E-state index is 11.9. The zero-order valence-electron chi connectivity index (χ0n) is 13.6. The molecule has 2 aromatic rings. The molecule has 2 amide bonds. The van der Waals surface area contributed by atoms with Gasteiger partial charge in [0.2, 0.25) is 11.0 Å². The summed E-state index contributed by atoms with van der Waals surface area (Å²) in [5.74, 6) is -0.621. The Morgan fingerprint density at radius 2 is 1.92 bits per heavy atom. The van der Waals surface area contributed by atoms with Gasteiger partial charge in [0.05, 0.1) is 19.0 Å². The first-order valence-corrected chi connectivity index (χ1v) is 9.93. The van der Waals surface area contributed by atoms with Gasteiger partial charge >= 0.3 is 0 Å². The molecule has 0 saturated carbocycles. The number of amides is 2. The highest BCUT2D eigenvalue weighted by Gasteiger charge is 2.16. The molecule has 1 aliphatic heterocycles. The van der Waals surface area contributed by atoms with Crippen LogP contribution in [0.5, 0.6) is 0 Å². The number of carbonyl (C=O) groups is 2. The first-order chi connectivity index (χ1) is 12.6. The Kier molecular flexibility index (Phi) is 6.67. The summed E-state index contributed by atoms with van der Waals surface area (Å²) < 4.78 is 6.01. The summed E-state index contributed by atoms with van der Waals surface area (Å²) in [6.45, 7) is 2.93. The summed E-state index contributed by atoms with van der Waals surface area (Å²) in [4.78, 5) is 25.9. The Bertz CT molecular complexity index is 765. The zero-order valence-corrected chi connectivity index (χ0v) is 16.0. The highest BCUT2D eigenvalue weighted by molar-refractivity contribution is 8.01. The van der Waals surface area contributed by atoms with E-state index in [9.17, 15) is 9.59 Å². The molecule has 1 aromatic heterocycles. The maximum Gasteiger partial charge on any atom is 0.269 e. The average molecular weight is 414 g/mol. The number of aromatic nitrogens is 2. The van der Waals surface area contributed by atoms with Crippen LogP contribution in [0.4, 0.5) is 5.13 Å². The first-order valence-electron chi connectivity index (χ1n) is 7.75. The third-order valence-electron chi connectivity index (χ3n) is 3.43. The van der Waals surface area contributed by atoms with Crippen molar-refractivity contribution < 1.29 is 14.3 Å². The molecule has 1 fully saturated rings. The van der Waals surface area contributed by atoms with Crippen molar-refractivity contribution in [1.29, 1.82) is 0 Å². The van der Waals surface area contributed by atoms with Crippen LogP contribution in [-0.4, -0.2) is 54.1 Å². The SMILES string of the molecule is O=C(CSc1nnc(N2CCOCC2)s1)NNC(=O)c1ccc(Cl)cc1. The zero-order chi connectivity index (χ0) is 18.4. The van der Waals surface area contributed by atoms with E-state index in [1.54, 1.807) is 24.3 Å². The van der Waals surface area contributed by atoms with Crippen molar-refractivity contribution >= 4 is 51.6 Å². The largest absolute Gasteiger partial charge is 0.378 e. The lowest BCUT2D eigenvalue weighted by molar-refractivity contribution is -0.119. The molecule has 8 nitrogen and oxygen atoms in total. The molecule has 0 aliphatic carbocycles. The van der Waals surface area contributed by atoms with E-state index >= 15 is 0 Å². The van der Waals surface area contributed by atoms with Gasteiger partial charge in [0.25, 0.3) is 5.91 Å². The van der Waals surface area contributed by atoms with Crippen molar-refractivity contribution in [1.82, 2.24) is 21.0 Å². The number of carbonyl (C=O) groups excluding carboxylic acids is 2. The standard InChI is InChI=1S/C15H16ClN5O3S2/c16-11-3-1-10(2-4-11)13(23)18-17-12(22)9-25-15-20-19-14(26-15)21-5-7-24-8-6-21/h1-4H,5-9H2,(H,17,22)(H,18,23). The van der Waals surface area contributed by atoms with Gasteiger partial charge in [-0.3, -0.25) is 20.4 Å². The number of nitrogens with zero attached hydrogens (tertiary/aromatic N) is 3. The molecule has 2 N–H and O–H groups in total. The average Bonchev–Trinajstić information content (AvgIpc) is 3.15. The predicted molar refractivity (Wildman–Crippen MR) is 101 cm³/mol. The Morgan fingerprint density at radius 1 is 1.19 bits per heavy atom. The van der Waals surface area contributed by atoms with Crippen LogP contribution >= 0.6 is 34.7 Å². The highest BCUT2D eigenvalue weighted by atomic mass is 35.5. The number of rotatable bonds is 5. The maximum absolute atomic E-state index is 11.9. The molecule has 0 unspecified atom stereocenters. The van der Waals surface area contributed by atoms with Gasteiger partial charge in [0, 0.05) is 23.7 Å². The molecule has 2 heterocycles. The van der Waals surface area contributed by atoms with Crippen LogP contribution in [0.25, 0.3) is 0 Å². The quantitative estimate of drug-likeness (QED) is 0.567. The van der Waals surface area contributed by atoms with Crippen LogP contribution in [0.3, 0.4) is 0 Å². The van der Waals surface area contributed by atoms with Crippen LogP contribution in [0.2, 0.25) is 5.02 Å². The summed E-state index contributed by atoms with van der Waals surface area (Å²) in [5.41, 5.74) is 5.14. The predicted octanol–water partition coefficient (Wildman–Crippen LogP) is 1.58. The molecule has 0 radical (unpaired) electrons. The second-order valence-electron chi connectivity index (χ2n) is 5.25. The Balaban J connectivity index is 1.42. The van der Waals surface area contributed by atoms with Crippen LogP contribution in [0.15, 0.2) is 28.6 Å². The van der Waals surface area contributed by atoms with Crippen molar-refractivity contribution in [2.75, 3.05) is 37.0 Å². The Labute approximate surface area is 163 Å². The number of nitrogens with one attached hydrogen (secondary N) is 2. The number of morpholine rings is 1. The second-order valence-corrected chi connectivity index (χ2v) is 7.86. The number of hydrogen-bond acceptors (Lipinski definition) is 8. The molecular formula is C15H16ClN5O3S2. The minimum absolute atomic E-state index is 0.124. The van der Waals surface area contributed by atoms with Gasteiger partial charge in [-0.25, -0.2) is 0 Å². The lowest BCUT2D eigenvalue weighted by atomic mass is 10.2. The number of thioether (sulfide) groups is 1. The number of hydrogen-bond donors (Lipinski definition) is 2. The fourth-order valence-electron chi connectivity index (χ4n) is 2.11. The minimum atomic E-state index is -0.412. The molecule has 1 saturated heterocycles. The lowest BCUT2D eigenvalue weighted by Crippen LogP contribution is -2.42.